The van der Waals surface area contributed by atoms with E-state index < -0.39 is 0 Å². The van der Waals surface area contributed by atoms with E-state index in [4.69, 9.17) is 4.74 Å². The van der Waals surface area contributed by atoms with Crippen LogP contribution in [0.25, 0.3) is 0 Å². The van der Waals surface area contributed by atoms with Gasteiger partial charge in [-0.05, 0) is 47.9 Å². The molecule has 0 spiro atoms. The number of rotatable bonds is 7. The zero-order valence-corrected chi connectivity index (χ0v) is 13.9. The lowest BCUT2D eigenvalue weighted by Gasteiger charge is -2.11. The van der Waals surface area contributed by atoms with Gasteiger partial charge in [0.25, 0.3) is 0 Å². The van der Waals surface area contributed by atoms with Gasteiger partial charge < -0.3 is 10.1 Å². The highest BCUT2D eigenvalue weighted by Gasteiger charge is 2.26. The molecule has 7 nitrogen and oxygen atoms in total. The van der Waals surface area contributed by atoms with Gasteiger partial charge in [0.1, 0.15) is 5.75 Å². The lowest BCUT2D eigenvalue weighted by atomic mass is 10.2. The van der Waals surface area contributed by atoms with Gasteiger partial charge in [0.2, 0.25) is 11.1 Å². The van der Waals surface area contributed by atoms with E-state index in [1.54, 1.807) is 11.8 Å². The van der Waals surface area contributed by atoms with Gasteiger partial charge in [-0.3, -0.25) is 4.79 Å². The van der Waals surface area contributed by atoms with Crippen molar-refractivity contribution in [2.45, 2.75) is 42.8 Å². The molecule has 23 heavy (non-hydrogen) atoms. The highest BCUT2D eigenvalue weighted by atomic mass is 32.2. The number of amides is 1. The maximum Gasteiger partial charge on any atom is 0.233 e. The summed E-state index contributed by atoms with van der Waals surface area (Å²) in [6.45, 7) is 2.42. The minimum absolute atomic E-state index is 0.0384. The molecule has 0 saturated heterocycles. The van der Waals surface area contributed by atoms with E-state index in [2.05, 4.69) is 20.8 Å². The second-order valence-electron chi connectivity index (χ2n) is 5.51. The molecule has 1 aromatic heterocycles. The smallest absolute Gasteiger partial charge is 0.233 e. The summed E-state index contributed by atoms with van der Waals surface area (Å²) in [7, 11) is 1.64. The van der Waals surface area contributed by atoms with Gasteiger partial charge >= 0.3 is 0 Å². The van der Waals surface area contributed by atoms with Crippen LogP contribution in [0.3, 0.4) is 0 Å². The fourth-order valence-corrected chi connectivity index (χ4v) is 2.84. The molecule has 0 unspecified atom stereocenters. The Morgan fingerprint density at radius 3 is 2.83 bits per heavy atom. The topological polar surface area (TPSA) is 81.9 Å². The molecule has 122 valence electrons. The van der Waals surface area contributed by atoms with Gasteiger partial charge in [-0.1, -0.05) is 23.9 Å². The van der Waals surface area contributed by atoms with Crippen LogP contribution in [0.5, 0.6) is 5.75 Å². The Balaban J connectivity index is 1.62. The Bertz CT molecular complexity index is 669. The van der Waals surface area contributed by atoms with Gasteiger partial charge in [-0.15, -0.1) is 5.10 Å². The maximum absolute atomic E-state index is 12.0. The van der Waals surface area contributed by atoms with E-state index in [-0.39, 0.29) is 11.2 Å². The second-order valence-corrected chi connectivity index (χ2v) is 6.82. The molecule has 1 N–H and O–H groups in total. The van der Waals surface area contributed by atoms with Gasteiger partial charge in [-0.2, -0.15) is 0 Å². The summed E-state index contributed by atoms with van der Waals surface area (Å²) in [6, 6.07) is 8.10. The predicted molar refractivity (Wildman–Crippen MR) is 86.4 cm³/mol. The van der Waals surface area contributed by atoms with E-state index in [9.17, 15) is 4.79 Å². The van der Waals surface area contributed by atoms with E-state index in [1.807, 2.05) is 31.2 Å². The van der Waals surface area contributed by atoms with Crippen LogP contribution in [0.15, 0.2) is 29.4 Å². The first-order valence-electron chi connectivity index (χ1n) is 7.52. The number of nitrogens with one attached hydrogen (secondary N) is 1. The maximum atomic E-state index is 12.0. The molecule has 8 heteroatoms. The number of tetrazole rings is 1. The molecule has 1 heterocycles. The Kier molecular flexibility index (Phi) is 4.80. The summed E-state index contributed by atoms with van der Waals surface area (Å²) in [4.78, 5) is 12.0. The monoisotopic (exact) mass is 333 g/mol. The summed E-state index contributed by atoms with van der Waals surface area (Å²) < 4.78 is 6.85. The number of ether oxygens (including phenoxy) is 1. The third kappa shape index (κ3) is 4.22. The SMILES string of the molecule is COc1ccc(Cn2nnnc2S[C@@H](C)C(=O)NC2CC2)cc1. The minimum Gasteiger partial charge on any atom is -0.497 e. The number of aromatic nitrogens is 4. The van der Waals surface area contributed by atoms with Crippen LogP contribution in [0.2, 0.25) is 0 Å². The summed E-state index contributed by atoms with van der Waals surface area (Å²) in [5.74, 6) is 0.849. The average molecular weight is 333 g/mol. The number of benzene rings is 1. The first-order valence-corrected chi connectivity index (χ1v) is 8.40. The lowest BCUT2D eigenvalue weighted by molar-refractivity contribution is -0.120. The predicted octanol–water partition coefficient (Wildman–Crippen LogP) is 1.49. The molecule has 1 fully saturated rings. The van der Waals surface area contributed by atoms with Crippen LogP contribution < -0.4 is 10.1 Å². The van der Waals surface area contributed by atoms with Crippen molar-refractivity contribution in [3.8, 4) is 5.75 Å². The number of carbonyl (C=O) groups is 1. The van der Waals surface area contributed by atoms with Crippen molar-refractivity contribution in [3.63, 3.8) is 0 Å². The molecule has 3 rings (SSSR count). The van der Waals surface area contributed by atoms with E-state index in [1.165, 1.54) is 11.8 Å². The van der Waals surface area contributed by atoms with Crippen molar-refractivity contribution < 1.29 is 9.53 Å². The molecule has 2 aromatic rings. The first-order chi connectivity index (χ1) is 11.2. The number of hydrogen-bond acceptors (Lipinski definition) is 6. The van der Waals surface area contributed by atoms with Crippen LogP contribution in [-0.2, 0) is 11.3 Å². The molecule has 0 bridgehead atoms. The van der Waals surface area contributed by atoms with E-state index in [0.717, 1.165) is 24.2 Å². The molecule has 1 aliphatic rings. The Morgan fingerprint density at radius 1 is 1.43 bits per heavy atom. The molecule has 1 atom stereocenters. The van der Waals surface area contributed by atoms with Crippen LogP contribution >= 0.6 is 11.8 Å². The number of thioether (sulfide) groups is 1. The highest BCUT2D eigenvalue weighted by molar-refractivity contribution is 8.00. The Hall–Kier alpha value is -2.09. The van der Waals surface area contributed by atoms with Crippen molar-refractivity contribution >= 4 is 17.7 Å². The zero-order chi connectivity index (χ0) is 16.2. The second kappa shape index (κ2) is 6.99. The van der Waals surface area contributed by atoms with Crippen molar-refractivity contribution in [2.75, 3.05) is 7.11 Å². The molecular weight excluding hydrogens is 314 g/mol. The minimum atomic E-state index is -0.226. The summed E-state index contributed by atoms with van der Waals surface area (Å²) in [5, 5.41) is 15.2. The summed E-state index contributed by atoms with van der Waals surface area (Å²) in [6.07, 6.45) is 2.16. The van der Waals surface area contributed by atoms with E-state index in [0.29, 0.717) is 17.7 Å². The quantitative estimate of drug-likeness (QED) is 0.773. The first kappa shape index (κ1) is 15.8. The third-order valence-corrected chi connectivity index (χ3v) is 4.64. The largest absolute Gasteiger partial charge is 0.497 e. The van der Waals surface area contributed by atoms with Crippen LogP contribution in [0.1, 0.15) is 25.3 Å². The van der Waals surface area contributed by atoms with Gasteiger partial charge in [-0.25, -0.2) is 4.68 Å². The van der Waals surface area contributed by atoms with Crippen LogP contribution in [0, 0.1) is 0 Å². The van der Waals surface area contributed by atoms with Crippen molar-refractivity contribution in [1.82, 2.24) is 25.5 Å². The number of methoxy groups -OCH3 is 1. The molecule has 0 radical (unpaired) electrons. The van der Waals surface area contributed by atoms with Crippen LogP contribution in [0.4, 0.5) is 0 Å². The molecule has 0 aliphatic heterocycles. The normalized spacial score (nSPS) is 15.2. The van der Waals surface area contributed by atoms with Gasteiger partial charge in [0, 0.05) is 6.04 Å². The molecular formula is C15H19N5O2S. The Morgan fingerprint density at radius 2 is 2.17 bits per heavy atom. The molecule has 1 aliphatic carbocycles. The number of carbonyl (C=O) groups excluding carboxylic acids is 1. The third-order valence-electron chi connectivity index (χ3n) is 3.57. The lowest BCUT2D eigenvalue weighted by Crippen LogP contribution is -2.32. The van der Waals surface area contributed by atoms with Gasteiger partial charge in [0.05, 0.1) is 18.9 Å². The fraction of sp³-hybridized carbons (Fsp3) is 0.467. The van der Waals surface area contributed by atoms with Crippen molar-refractivity contribution in [3.05, 3.63) is 29.8 Å². The Labute approximate surface area is 138 Å². The molecule has 1 amide bonds. The molecule has 1 saturated carbocycles. The van der Waals surface area contributed by atoms with Crippen molar-refractivity contribution in [1.29, 1.82) is 0 Å². The molecule has 1 aromatic carbocycles. The summed E-state index contributed by atoms with van der Waals surface area (Å²) >= 11 is 1.37. The zero-order valence-electron chi connectivity index (χ0n) is 13.1. The standard InChI is InChI=1S/C15H19N5O2S/c1-10(14(21)16-12-5-6-12)23-15-17-18-19-20(15)9-11-3-7-13(22-2)8-4-11/h3-4,7-8,10,12H,5-6,9H2,1-2H3,(H,16,21)/t10-/m0/s1. The highest BCUT2D eigenvalue weighted by Crippen LogP contribution is 2.24. The van der Waals surface area contributed by atoms with E-state index >= 15 is 0 Å². The van der Waals surface area contributed by atoms with Gasteiger partial charge in [0.15, 0.2) is 0 Å². The van der Waals surface area contributed by atoms with Crippen LogP contribution in [-0.4, -0.2) is 44.5 Å². The van der Waals surface area contributed by atoms with Crippen molar-refractivity contribution in [2.24, 2.45) is 0 Å². The fourth-order valence-electron chi connectivity index (χ4n) is 2.04. The number of nitrogens with zero attached hydrogens (tertiary/aromatic N) is 4. The average Bonchev–Trinajstić information content (AvgIpc) is 3.27. The summed E-state index contributed by atoms with van der Waals surface area (Å²) in [5.41, 5.74) is 1.06. The number of hydrogen-bond donors (Lipinski definition) is 1.